The average Bonchev–Trinajstić information content (AvgIpc) is 3.52. The van der Waals surface area contributed by atoms with Gasteiger partial charge in [-0.15, -0.1) is 0 Å². The molecule has 0 saturated heterocycles. The lowest BCUT2D eigenvalue weighted by Gasteiger charge is -2.33. The fourth-order valence-electron chi connectivity index (χ4n) is 4.42. The zero-order chi connectivity index (χ0) is 23.2. The van der Waals surface area contributed by atoms with Crippen molar-refractivity contribution in [3.05, 3.63) is 47.9 Å². The molecule has 0 aliphatic heterocycles. The van der Waals surface area contributed by atoms with Crippen molar-refractivity contribution >= 4 is 22.5 Å². The van der Waals surface area contributed by atoms with Crippen LogP contribution in [0.4, 0.5) is 5.69 Å². The van der Waals surface area contributed by atoms with Crippen molar-refractivity contribution in [3.8, 4) is 5.75 Å². The maximum Gasteiger partial charge on any atom is 0.325 e. The summed E-state index contributed by atoms with van der Waals surface area (Å²) in [5.41, 5.74) is 1.48. The number of ether oxygens (including phenoxy) is 1. The molecule has 8 heteroatoms. The lowest BCUT2D eigenvalue weighted by Crippen LogP contribution is -2.42. The molecule has 8 nitrogen and oxygen atoms in total. The molecule has 2 aliphatic carbocycles. The van der Waals surface area contributed by atoms with Gasteiger partial charge in [-0.1, -0.05) is 0 Å². The van der Waals surface area contributed by atoms with Gasteiger partial charge in [-0.05, 0) is 63.5 Å². The average molecular weight is 452 g/mol. The summed E-state index contributed by atoms with van der Waals surface area (Å²) in [6, 6.07) is 9.04. The third kappa shape index (κ3) is 4.66. The molecule has 3 aromatic rings. The number of hydrogen-bond donors (Lipinski definition) is 3. The molecule has 33 heavy (non-hydrogen) atoms. The van der Waals surface area contributed by atoms with Crippen LogP contribution in [-0.2, 0) is 0 Å². The van der Waals surface area contributed by atoms with Crippen molar-refractivity contribution in [1.29, 1.82) is 0 Å². The number of carbonyl (C=O) groups is 1. The predicted molar refractivity (Wildman–Crippen MR) is 123 cm³/mol. The van der Waals surface area contributed by atoms with Crippen LogP contribution in [0.5, 0.6) is 5.75 Å². The zero-order valence-corrected chi connectivity index (χ0v) is 19.1. The van der Waals surface area contributed by atoms with Gasteiger partial charge in [-0.25, -0.2) is 0 Å². The van der Waals surface area contributed by atoms with Crippen LogP contribution in [0.25, 0.3) is 10.9 Å². The zero-order valence-electron chi connectivity index (χ0n) is 19.1. The minimum atomic E-state index is -0.594. The summed E-state index contributed by atoms with van der Waals surface area (Å²) < 4.78 is 8.94. The largest absolute Gasteiger partial charge is 0.491 e. The first-order valence-electron chi connectivity index (χ1n) is 11.7. The van der Waals surface area contributed by atoms with Crippen molar-refractivity contribution < 1.29 is 24.6 Å². The van der Waals surface area contributed by atoms with Gasteiger partial charge in [0.25, 0.3) is 0 Å². The molecule has 174 valence electrons. The van der Waals surface area contributed by atoms with Crippen LogP contribution in [0, 0.1) is 12.8 Å². The highest BCUT2D eigenvalue weighted by molar-refractivity contribution is 6.04. The Bertz CT molecular complexity index is 1190. The van der Waals surface area contributed by atoms with Gasteiger partial charge in [0.15, 0.2) is 0 Å². The second-order valence-electron chi connectivity index (χ2n) is 9.82. The SMILES string of the molecule is Cc1cccc(C(=O)Nc2cc3cn([C@H]4CC[C@](C)(O)CC4)nc3cc2OCC2CC2)[n+]1O. The van der Waals surface area contributed by atoms with E-state index >= 15 is 0 Å². The van der Waals surface area contributed by atoms with Crippen LogP contribution >= 0.6 is 0 Å². The highest BCUT2D eigenvalue weighted by atomic mass is 16.5. The summed E-state index contributed by atoms with van der Waals surface area (Å²) in [6.07, 6.45) is 7.58. The van der Waals surface area contributed by atoms with E-state index in [2.05, 4.69) is 5.32 Å². The maximum atomic E-state index is 12.9. The van der Waals surface area contributed by atoms with E-state index in [0.29, 0.717) is 29.7 Å². The standard InChI is InChI=1S/C25H30N4O4/c1-16-4-3-5-22(29(16)32)24(30)26-21-12-18-14-28(19-8-10-25(2,31)11-9-19)27-20(18)13-23(21)33-15-17-6-7-17/h3-5,12-14,17,19,31H,6-11,15H2,1-2H3,(H-,26,30,32)/p+1/t19-,25-. The van der Waals surface area contributed by atoms with Crippen LogP contribution in [0.1, 0.15) is 67.7 Å². The second-order valence-corrected chi connectivity index (χ2v) is 9.82. The van der Waals surface area contributed by atoms with E-state index in [1.807, 2.05) is 29.9 Å². The molecule has 0 spiro atoms. The van der Waals surface area contributed by atoms with Gasteiger partial charge < -0.3 is 15.2 Å². The molecule has 2 heterocycles. The maximum absolute atomic E-state index is 12.9. The highest BCUT2D eigenvalue weighted by Gasteiger charge is 2.30. The van der Waals surface area contributed by atoms with E-state index in [1.165, 1.54) is 0 Å². The van der Waals surface area contributed by atoms with E-state index in [4.69, 9.17) is 9.84 Å². The van der Waals surface area contributed by atoms with E-state index in [0.717, 1.165) is 54.2 Å². The quantitative estimate of drug-likeness (QED) is 0.391. The molecule has 1 aromatic carbocycles. The Kier molecular flexibility index (Phi) is 5.48. The van der Waals surface area contributed by atoms with Crippen LogP contribution < -0.4 is 14.8 Å². The number of nitrogens with one attached hydrogen (secondary N) is 1. The molecule has 2 saturated carbocycles. The van der Waals surface area contributed by atoms with Gasteiger partial charge in [0.05, 0.1) is 29.5 Å². The predicted octanol–water partition coefficient (Wildman–Crippen LogP) is 3.78. The third-order valence-corrected chi connectivity index (χ3v) is 6.84. The monoisotopic (exact) mass is 451 g/mol. The first-order chi connectivity index (χ1) is 15.8. The highest BCUT2D eigenvalue weighted by Crippen LogP contribution is 2.37. The number of amides is 1. The Labute approximate surface area is 192 Å². The Morgan fingerprint density at radius 3 is 2.76 bits per heavy atom. The molecular weight excluding hydrogens is 420 g/mol. The van der Waals surface area contributed by atoms with Crippen molar-refractivity contribution in [2.45, 2.75) is 64.0 Å². The normalized spacial score (nSPS) is 22.9. The number of carbonyl (C=O) groups excluding carboxylic acids is 1. The molecule has 2 fully saturated rings. The Morgan fingerprint density at radius 1 is 1.27 bits per heavy atom. The summed E-state index contributed by atoms with van der Waals surface area (Å²) in [6.45, 7) is 4.23. The van der Waals surface area contributed by atoms with E-state index in [9.17, 15) is 15.1 Å². The lowest BCUT2D eigenvalue weighted by molar-refractivity contribution is -0.909. The molecule has 0 bridgehead atoms. The summed E-state index contributed by atoms with van der Waals surface area (Å²) in [5, 5.41) is 29.1. The molecule has 5 rings (SSSR count). The van der Waals surface area contributed by atoms with E-state index in [-0.39, 0.29) is 11.7 Å². The number of fused-ring (bicyclic) bond motifs is 1. The molecule has 0 unspecified atom stereocenters. The topological polar surface area (TPSA) is 100 Å². The minimum Gasteiger partial charge on any atom is -0.491 e. The second kappa shape index (κ2) is 8.33. The minimum absolute atomic E-state index is 0.146. The summed E-state index contributed by atoms with van der Waals surface area (Å²) in [7, 11) is 0. The first kappa shape index (κ1) is 21.7. The molecule has 0 radical (unpaired) electrons. The van der Waals surface area contributed by atoms with Gasteiger partial charge in [0, 0.05) is 41.4 Å². The van der Waals surface area contributed by atoms with Gasteiger partial charge >= 0.3 is 11.6 Å². The number of benzene rings is 1. The Morgan fingerprint density at radius 2 is 2.03 bits per heavy atom. The molecule has 0 atom stereocenters. The summed E-state index contributed by atoms with van der Waals surface area (Å²) in [4.78, 5) is 12.9. The fourth-order valence-corrected chi connectivity index (χ4v) is 4.42. The van der Waals surface area contributed by atoms with Gasteiger partial charge in [0.1, 0.15) is 5.75 Å². The number of aryl methyl sites for hydroxylation is 1. The molecular formula is C25H31N4O4+. The number of pyridine rings is 1. The molecule has 3 N–H and O–H groups in total. The lowest BCUT2D eigenvalue weighted by atomic mass is 9.84. The molecule has 2 aromatic heterocycles. The number of anilines is 1. The number of hydrogen-bond acceptors (Lipinski definition) is 5. The van der Waals surface area contributed by atoms with Crippen LogP contribution in [-0.4, -0.2) is 38.2 Å². The van der Waals surface area contributed by atoms with Crippen LogP contribution in [0.2, 0.25) is 0 Å². The smallest absolute Gasteiger partial charge is 0.325 e. The Hall–Kier alpha value is -3.13. The number of rotatable bonds is 6. The van der Waals surface area contributed by atoms with Crippen molar-refractivity contribution in [2.75, 3.05) is 11.9 Å². The fraction of sp³-hybridized carbons (Fsp3) is 0.480. The summed E-state index contributed by atoms with van der Waals surface area (Å²) in [5.74, 6) is 0.726. The van der Waals surface area contributed by atoms with Crippen molar-refractivity contribution in [1.82, 2.24) is 9.78 Å². The third-order valence-electron chi connectivity index (χ3n) is 6.84. The first-order valence-corrected chi connectivity index (χ1v) is 11.7. The van der Waals surface area contributed by atoms with E-state index in [1.54, 1.807) is 25.1 Å². The Balaban J connectivity index is 1.44. The molecule has 1 amide bonds. The van der Waals surface area contributed by atoms with Gasteiger partial charge in [0.2, 0.25) is 5.69 Å². The number of aliphatic hydroxyl groups is 1. The van der Waals surface area contributed by atoms with Gasteiger partial charge in [-0.3, -0.25) is 14.7 Å². The summed E-state index contributed by atoms with van der Waals surface area (Å²) >= 11 is 0. The van der Waals surface area contributed by atoms with Gasteiger partial charge in [-0.2, -0.15) is 5.10 Å². The van der Waals surface area contributed by atoms with Crippen molar-refractivity contribution in [2.24, 2.45) is 5.92 Å². The molecule has 2 aliphatic rings. The number of aromatic nitrogens is 3. The van der Waals surface area contributed by atoms with Crippen molar-refractivity contribution in [3.63, 3.8) is 0 Å². The number of nitrogens with zero attached hydrogens (tertiary/aromatic N) is 3. The van der Waals surface area contributed by atoms with E-state index < -0.39 is 11.5 Å². The van der Waals surface area contributed by atoms with Crippen LogP contribution in [0.15, 0.2) is 36.5 Å². The van der Waals surface area contributed by atoms with Crippen LogP contribution in [0.3, 0.4) is 0 Å².